The van der Waals surface area contributed by atoms with Crippen LogP contribution in [0.3, 0.4) is 0 Å². The van der Waals surface area contributed by atoms with Crippen molar-refractivity contribution >= 4 is 5.82 Å². The van der Waals surface area contributed by atoms with Gasteiger partial charge in [0.05, 0.1) is 17.2 Å². The van der Waals surface area contributed by atoms with Crippen LogP contribution in [-0.2, 0) is 10.9 Å². The molecule has 0 aliphatic carbocycles. The molecule has 0 aromatic carbocycles. The van der Waals surface area contributed by atoms with E-state index in [9.17, 15) is 13.2 Å². The van der Waals surface area contributed by atoms with Crippen LogP contribution in [0.25, 0.3) is 0 Å². The molecule has 20 heavy (non-hydrogen) atoms. The maximum absolute atomic E-state index is 12.7. The predicted molar refractivity (Wildman–Crippen MR) is 66.0 cm³/mol. The van der Waals surface area contributed by atoms with E-state index >= 15 is 0 Å². The molecular weight excluding hydrogens is 271 g/mol. The summed E-state index contributed by atoms with van der Waals surface area (Å²) in [6, 6.07) is 3.78. The quantitative estimate of drug-likeness (QED) is 0.907. The lowest BCUT2D eigenvalue weighted by Crippen LogP contribution is -2.41. The number of aromatic nitrogens is 1. The number of pyridine rings is 1. The Morgan fingerprint density at radius 1 is 1.50 bits per heavy atom. The average Bonchev–Trinajstić information content (AvgIpc) is 2.68. The molecule has 7 heteroatoms. The molecule has 0 spiro atoms. The molecule has 1 N–H and O–H groups in total. The van der Waals surface area contributed by atoms with Crippen LogP contribution < -0.4 is 5.32 Å². The van der Waals surface area contributed by atoms with Gasteiger partial charge in [0, 0.05) is 6.61 Å². The minimum absolute atomic E-state index is 0.0535. The molecule has 1 fully saturated rings. The number of halogens is 3. The summed E-state index contributed by atoms with van der Waals surface area (Å²) in [7, 11) is 0. The third-order valence-electron chi connectivity index (χ3n) is 3.60. The van der Waals surface area contributed by atoms with Gasteiger partial charge in [-0.1, -0.05) is 0 Å². The summed E-state index contributed by atoms with van der Waals surface area (Å²) in [6.45, 7) is 4.19. The second-order valence-electron chi connectivity index (χ2n) is 5.01. The number of hydrogen-bond donors (Lipinski definition) is 1. The molecule has 108 valence electrons. The van der Waals surface area contributed by atoms with Crippen molar-refractivity contribution in [1.82, 2.24) is 4.98 Å². The molecule has 0 bridgehead atoms. The Balaban J connectivity index is 2.37. The average molecular weight is 285 g/mol. The Hall–Kier alpha value is -1.81. The van der Waals surface area contributed by atoms with Crippen LogP contribution in [0, 0.1) is 11.3 Å². The summed E-state index contributed by atoms with van der Waals surface area (Å²) in [6.07, 6.45) is -4.08. The number of hydrogen-bond acceptors (Lipinski definition) is 4. The van der Waals surface area contributed by atoms with Gasteiger partial charge in [0.1, 0.15) is 17.6 Å². The Morgan fingerprint density at radius 2 is 2.20 bits per heavy atom. The van der Waals surface area contributed by atoms with Gasteiger partial charge in [0.2, 0.25) is 0 Å². The van der Waals surface area contributed by atoms with E-state index in [-0.39, 0.29) is 17.5 Å². The van der Waals surface area contributed by atoms with Crippen molar-refractivity contribution in [3.8, 4) is 6.07 Å². The third-order valence-corrected chi connectivity index (χ3v) is 3.60. The smallest absolute Gasteiger partial charge is 0.376 e. The normalized spacial score (nSPS) is 26.3. The van der Waals surface area contributed by atoms with Crippen LogP contribution in [0.15, 0.2) is 12.1 Å². The number of nitrogens with zero attached hydrogens (tertiary/aromatic N) is 2. The van der Waals surface area contributed by atoms with Gasteiger partial charge >= 0.3 is 6.18 Å². The van der Waals surface area contributed by atoms with Crippen molar-refractivity contribution < 1.29 is 17.9 Å². The van der Waals surface area contributed by atoms with Crippen molar-refractivity contribution in [2.24, 2.45) is 0 Å². The molecule has 0 radical (unpaired) electrons. The standard InChI is InChI=1S/C13H14F3N3O/c1-8-12(2,5-6-20-8)19-11-9(7-17)3-4-10(18-11)13(14,15)16/h3-4,8H,5-6H2,1-2H3,(H,18,19). The minimum atomic E-state index is -4.54. The van der Waals surface area contributed by atoms with Gasteiger partial charge in [-0.25, -0.2) is 4.98 Å². The third kappa shape index (κ3) is 2.70. The molecule has 1 aromatic rings. The monoisotopic (exact) mass is 285 g/mol. The number of rotatable bonds is 2. The zero-order valence-corrected chi connectivity index (χ0v) is 11.1. The van der Waals surface area contributed by atoms with Crippen LogP contribution in [-0.4, -0.2) is 23.2 Å². The van der Waals surface area contributed by atoms with E-state index in [0.29, 0.717) is 13.0 Å². The second-order valence-corrected chi connectivity index (χ2v) is 5.01. The number of nitrogens with one attached hydrogen (secondary N) is 1. The molecule has 2 atom stereocenters. The van der Waals surface area contributed by atoms with E-state index in [0.717, 1.165) is 12.1 Å². The van der Waals surface area contributed by atoms with Crippen molar-refractivity contribution in [3.05, 3.63) is 23.4 Å². The Bertz CT molecular complexity index is 553. The zero-order chi connectivity index (χ0) is 15.0. The fraction of sp³-hybridized carbons (Fsp3) is 0.538. The highest BCUT2D eigenvalue weighted by Crippen LogP contribution is 2.33. The van der Waals surface area contributed by atoms with E-state index in [1.54, 1.807) is 0 Å². The van der Waals surface area contributed by atoms with E-state index in [1.807, 2.05) is 19.9 Å². The molecule has 1 aliphatic rings. The van der Waals surface area contributed by atoms with Crippen LogP contribution in [0.2, 0.25) is 0 Å². The van der Waals surface area contributed by atoms with Crippen LogP contribution in [0.4, 0.5) is 19.0 Å². The second kappa shape index (κ2) is 4.94. The molecule has 2 unspecified atom stereocenters. The molecule has 4 nitrogen and oxygen atoms in total. The van der Waals surface area contributed by atoms with Crippen LogP contribution in [0.5, 0.6) is 0 Å². The summed E-state index contributed by atoms with van der Waals surface area (Å²) in [5.74, 6) is -0.0535. The Kier molecular flexibility index (Phi) is 3.61. The summed E-state index contributed by atoms with van der Waals surface area (Å²) in [5.41, 5.74) is -1.48. The van der Waals surface area contributed by atoms with Gasteiger partial charge < -0.3 is 10.1 Å². The van der Waals surface area contributed by atoms with Gasteiger partial charge in [0.15, 0.2) is 0 Å². The maximum atomic E-state index is 12.7. The largest absolute Gasteiger partial charge is 0.433 e. The van der Waals surface area contributed by atoms with Crippen LogP contribution in [0.1, 0.15) is 31.5 Å². The number of nitriles is 1. The lowest BCUT2D eigenvalue weighted by Gasteiger charge is -2.30. The maximum Gasteiger partial charge on any atom is 0.433 e. The van der Waals surface area contributed by atoms with Gasteiger partial charge in [-0.15, -0.1) is 0 Å². The van der Waals surface area contributed by atoms with Gasteiger partial charge in [-0.2, -0.15) is 18.4 Å². The fourth-order valence-electron chi connectivity index (χ4n) is 2.07. The van der Waals surface area contributed by atoms with E-state index in [1.165, 1.54) is 0 Å². The molecule has 1 aliphatic heterocycles. The fourth-order valence-corrected chi connectivity index (χ4v) is 2.07. The molecule has 0 amide bonds. The van der Waals surface area contributed by atoms with Crippen molar-refractivity contribution in [2.75, 3.05) is 11.9 Å². The zero-order valence-electron chi connectivity index (χ0n) is 11.1. The first kappa shape index (κ1) is 14.6. The number of alkyl halides is 3. The summed E-state index contributed by atoms with van der Waals surface area (Å²) in [5, 5.41) is 11.9. The molecule has 1 aromatic heterocycles. The number of anilines is 1. The highest BCUT2D eigenvalue weighted by atomic mass is 19.4. The summed E-state index contributed by atoms with van der Waals surface area (Å²) < 4.78 is 43.5. The van der Waals surface area contributed by atoms with E-state index < -0.39 is 17.4 Å². The van der Waals surface area contributed by atoms with Gasteiger partial charge in [-0.05, 0) is 32.4 Å². The first-order valence-electron chi connectivity index (χ1n) is 6.14. The molecule has 2 rings (SSSR count). The number of ether oxygens (including phenoxy) is 1. The van der Waals surface area contributed by atoms with Crippen LogP contribution >= 0.6 is 0 Å². The minimum Gasteiger partial charge on any atom is -0.376 e. The topological polar surface area (TPSA) is 57.9 Å². The molecule has 0 saturated carbocycles. The first-order chi connectivity index (χ1) is 9.26. The molecule has 2 heterocycles. The van der Waals surface area contributed by atoms with Gasteiger partial charge in [0.25, 0.3) is 0 Å². The highest BCUT2D eigenvalue weighted by molar-refractivity contribution is 5.54. The molecular formula is C13H14F3N3O. The lowest BCUT2D eigenvalue weighted by atomic mass is 9.94. The van der Waals surface area contributed by atoms with E-state index in [2.05, 4.69) is 10.3 Å². The highest BCUT2D eigenvalue weighted by Gasteiger charge is 2.39. The lowest BCUT2D eigenvalue weighted by molar-refractivity contribution is -0.141. The van der Waals surface area contributed by atoms with Crippen molar-refractivity contribution in [3.63, 3.8) is 0 Å². The van der Waals surface area contributed by atoms with Crippen molar-refractivity contribution in [2.45, 2.75) is 38.1 Å². The summed E-state index contributed by atoms with van der Waals surface area (Å²) >= 11 is 0. The van der Waals surface area contributed by atoms with E-state index in [4.69, 9.17) is 10.00 Å². The Morgan fingerprint density at radius 3 is 2.70 bits per heavy atom. The summed E-state index contributed by atoms with van der Waals surface area (Å²) in [4.78, 5) is 3.54. The van der Waals surface area contributed by atoms with Gasteiger partial charge in [-0.3, -0.25) is 0 Å². The SMILES string of the molecule is CC1OCCC1(C)Nc1nc(C(F)(F)F)ccc1C#N. The predicted octanol–water partition coefficient (Wildman–Crippen LogP) is 2.95. The first-order valence-corrected chi connectivity index (χ1v) is 6.14. The Labute approximate surface area is 114 Å². The van der Waals surface area contributed by atoms with Crippen molar-refractivity contribution in [1.29, 1.82) is 5.26 Å². The molecule has 1 saturated heterocycles.